The van der Waals surface area contributed by atoms with Gasteiger partial charge in [-0.1, -0.05) is 12.1 Å². The molecule has 5 N–H and O–H groups in total. The highest BCUT2D eigenvalue weighted by molar-refractivity contribution is 6.05. The van der Waals surface area contributed by atoms with Gasteiger partial charge in [-0.3, -0.25) is 0 Å². The van der Waals surface area contributed by atoms with Crippen molar-refractivity contribution in [3.63, 3.8) is 0 Å². The van der Waals surface area contributed by atoms with Crippen LogP contribution in [0.4, 0.5) is 0 Å². The van der Waals surface area contributed by atoms with Crippen LogP contribution in [0.15, 0.2) is 42.5 Å². The molecule has 0 heterocycles. The first-order valence-corrected chi connectivity index (χ1v) is 6.63. The average Bonchev–Trinajstić information content (AvgIpc) is 2.53. The maximum Gasteiger partial charge on any atom is 0.335 e. The Labute approximate surface area is 130 Å². The van der Waals surface area contributed by atoms with Gasteiger partial charge in [0.2, 0.25) is 0 Å². The number of phenols is 4. The standard InChI is InChI=1S/C17H12O6/c18-13-4-2-8(6-14(13)19)11-7-15(20)16(21)12-5-9(17(22)23)1-3-10(11)12/h1-7,18-21H,(H,22,23). The number of benzene rings is 3. The number of carboxylic acids is 1. The van der Waals surface area contributed by atoms with Gasteiger partial charge in [-0.05, 0) is 46.8 Å². The van der Waals surface area contributed by atoms with Crippen molar-refractivity contribution < 1.29 is 30.3 Å². The number of rotatable bonds is 2. The third kappa shape index (κ3) is 2.36. The zero-order valence-electron chi connectivity index (χ0n) is 11.7. The average molecular weight is 312 g/mol. The van der Waals surface area contributed by atoms with Gasteiger partial charge in [-0.15, -0.1) is 0 Å². The normalized spacial score (nSPS) is 10.8. The van der Waals surface area contributed by atoms with E-state index >= 15 is 0 Å². The van der Waals surface area contributed by atoms with Gasteiger partial charge >= 0.3 is 5.97 Å². The minimum absolute atomic E-state index is 0.0297. The van der Waals surface area contributed by atoms with Crippen LogP contribution >= 0.6 is 0 Å². The Kier molecular flexibility index (Phi) is 3.22. The van der Waals surface area contributed by atoms with Gasteiger partial charge in [0.25, 0.3) is 0 Å². The largest absolute Gasteiger partial charge is 0.504 e. The molecule has 23 heavy (non-hydrogen) atoms. The fraction of sp³-hybridized carbons (Fsp3) is 0. The Hall–Kier alpha value is -3.41. The van der Waals surface area contributed by atoms with E-state index in [4.69, 9.17) is 5.11 Å². The lowest BCUT2D eigenvalue weighted by molar-refractivity contribution is 0.0697. The predicted octanol–water partition coefficient (Wildman–Crippen LogP) is 3.03. The number of phenolic OH excluding ortho intramolecular Hbond substituents is 4. The number of carboxylic acid groups (broad SMARTS) is 1. The lowest BCUT2D eigenvalue weighted by Crippen LogP contribution is -1.96. The van der Waals surface area contributed by atoms with Gasteiger partial charge in [-0.25, -0.2) is 4.79 Å². The van der Waals surface area contributed by atoms with E-state index in [1.54, 1.807) is 0 Å². The highest BCUT2D eigenvalue weighted by Gasteiger charge is 2.15. The second-order valence-corrected chi connectivity index (χ2v) is 5.06. The number of fused-ring (bicyclic) bond motifs is 1. The van der Waals surface area contributed by atoms with E-state index in [1.165, 1.54) is 42.5 Å². The minimum Gasteiger partial charge on any atom is -0.504 e. The van der Waals surface area contributed by atoms with Gasteiger partial charge in [-0.2, -0.15) is 0 Å². The molecule has 0 aliphatic heterocycles. The molecule has 0 aliphatic carbocycles. The van der Waals surface area contributed by atoms with Gasteiger partial charge in [0, 0.05) is 5.39 Å². The van der Waals surface area contributed by atoms with E-state index in [9.17, 15) is 25.2 Å². The molecule has 0 aromatic heterocycles. The number of aromatic hydroxyl groups is 4. The summed E-state index contributed by atoms with van der Waals surface area (Å²) in [5.74, 6) is -2.60. The molecule has 0 spiro atoms. The Morgan fingerprint density at radius 3 is 2.13 bits per heavy atom. The molecule has 0 saturated carbocycles. The van der Waals surface area contributed by atoms with Crippen molar-refractivity contribution in [2.24, 2.45) is 0 Å². The fourth-order valence-electron chi connectivity index (χ4n) is 2.46. The van der Waals surface area contributed by atoms with Crippen LogP contribution < -0.4 is 0 Å². The van der Waals surface area contributed by atoms with E-state index < -0.39 is 17.5 Å². The zero-order chi connectivity index (χ0) is 16.7. The van der Waals surface area contributed by atoms with Crippen LogP contribution in [0, 0.1) is 0 Å². The summed E-state index contributed by atoms with van der Waals surface area (Å²) >= 11 is 0. The molecule has 3 aromatic rings. The van der Waals surface area contributed by atoms with Crippen LogP contribution in [-0.2, 0) is 0 Å². The second-order valence-electron chi connectivity index (χ2n) is 5.06. The van der Waals surface area contributed by atoms with Crippen molar-refractivity contribution in [1.29, 1.82) is 0 Å². The van der Waals surface area contributed by atoms with Crippen molar-refractivity contribution in [3.8, 4) is 34.1 Å². The second kappa shape index (κ2) is 5.10. The Morgan fingerprint density at radius 1 is 0.739 bits per heavy atom. The van der Waals surface area contributed by atoms with Gasteiger partial charge in [0.1, 0.15) is 0 Å². The van der Waals surface area contributed by atoms with Crippen LogP contribution in [0.5, 0.6) is 23.0 Å². The topological polar surface area (TPSA) is 118 Å². The van der Waals surface area contributed by atoms with E-state index in [1.807, 2.05) is 0 Å². The van der Waals surface area contributed by atoms with Crippen molar-refractivity contribution in [2.45, 2.75) is 0 Å². The summed E-state index contributed by atoms with van der Waals surface area (Å²) in [7, 11) is 0. The summed E-state index contributed by atoms with van der Waals surface area (Å²) in [6.45, 7) is 0. The summed E-state index contributed by atoms with van der Waals surface area (Å²) in [6, 6.07) is 9.60. The highest BCUT2D eigenvalue weighted by atomic mass is 16.4. The predicted molar refractivity (Wildman–Crippen MR) is 83.0 cm³/mol. The van der Waals surface area contributed by atoms with Crippen molar-refractivity contribution in [3.05, 3.63) is 48.0 Å². The van der Waals surface area contributed by atoms with Crippen molar-refractivity contribution in [1.82, 2.24) is 0 Å². The molecule has 3 aromatic carbocycles. The van der Waals surface area contributed by atoms with Crippen LogP contribution in [-0.4, -0.2) is 31.5 Å². The van der Waals surface area contributed by atoms with E-state index in [0.29, 0.717) is 16.5 Å². The summed E-state index contributed by atoms with van der Waals surface area (Å²) in [5, 5.41) is 48.7. The van der Waals surface area contributed by atoms with Gasteiger partial charge in [0.05, 0.1) is 5.56 Å². The summed E-state index contributed by atoms with van der Waals surface area (Å²) in [5.41, 5.74) is 0.934. The number of hydrogen-bond donors (Lipinski definition) is 5. The summed E-state index contributed by atoms with van der Waals surface area (Å²) < 4.78 is 0. The lowest BCUT2D eigenvalue weighted by Gasteiger charge is -2.12. The first kappa shape index (κ1) is 14.5. The third-order valence-corrected chi connectivity index (χ3v) is 3.62. The molecular formula is C17H12O6. The number of hydrogen-bond acceptors (Lipinski definition) is 5. The quantitative estimate of drug-likeness (QED) is 0.464. The number of carbonyl (C=O) groups is 1. The van der Waals surface area contributed by atoms with Gasteiger partial charge < -0.3 is 25.5 Å². The van der Waals surface area contributed by atoms with Crippen LogP contribution in [0.2, 0.25) is 0 Å². The monoisotopic (exact) mass is 312 g/mol. The molecule has 0 fully saturated rings. The summed E-state index contributed by atoms with van der Waals surface area (Å²) in [4.78, 5) is 11.1. The number of aromatic carboxylic acids is 1. The zero-order valence-corrected chi connectivity index (χ0v) is 11.7. The Balaban J connectivity index is 2.35. The van der Waals surface area contributed by atoms with E-state index in [0.717, 1.165) is 0 Å². The maximum absolute atomic E-state index is 11.1. The van der Waals surface area contributed by atoms with Crippen molar-refractivity contribution >= 4 is 16.7 Å². The van der Waals surface area contributed by atoms with Crippen LogP contribution in [0.25, 0.3) is 21.9 Å². The fourth-order valence-corrected chi connectivity index (χ4v) is 2.46. The molecular weight excluding hydrogens is 300 g/mol. The summed E-state index contributed by atoms with van der Waals surface area (Å²) in [6.07, 6.45) is 0. The van der Waals surface area contributed by atoms with E-state index in [-0.39, 0.29) is 22.4 Å². The molecule has 3 rings (SSSR count). The third-order valence-electron chi connectivity index (χ3n) is 3.62. The molecule has 6 nitrogen and oxygen atoms in total. The Morgan fingerprint density at radius 2 is 1.48 bits per heavy atom. The molecule has 6 heteroatoms. The van der Waals surface area contributed by atoms with E-state index in [2.05, 4.69) is 0 Å². The first-order chi connectivity index (χ1) is 10.9. The van der Waals surface area contributed by atoms with Gasteiger partial charge in [0.15, 0.2) is 23.0 Å². The molecule has 116 valence electrons. The minimum atomic E-state index is -1.15. The molecule has 0 unspecified atom stereocenters. The SMILES string of the molecule is O=C(O)c1ccc2c(-c3ccc(O)c(O)c3)cc(O)c(O)c2c1. The molecule has 0 aliphatic rings. The molecule has 0 saturated heterocycles. The van der Waals surface area contributed by atoms with Crippen molar-refractivity contribution in [2.75, 3.05) is 0 Å². The molecule has 0 radical (unpaired) electrons. The smallest absolute Gasteiger partial charge is 0.335 e. The first-order valence-electron chi connectivity index (χ1n) is 6.63. The van der Waals surface area contributed by atoms with Crippen LogP contribution in [0.3, 0.4) is 0 Å². The maximum atomic E-state index is 11.1. The molecule has 0 atom stereocenters. The lowest BCUT2D eigenvalue weighted by atomic mass is 9.95. The highest BCUT2D eigenvalue weighted by Crippen LogP contribution is 2.42. The van der Waals surface area contributed by atoms with Crippen LogP contribution in [0.1, 0.15) is 10.4 Å². The Bertz CT molecular complexity index is 945. The molecule has 0 bridgehead atoms. The molecule has 0 amide bonds.